The Balaban J connectivity index is 2.34. The third-order valence-electron chi connectivity index (χ3n) is 2.92. The summed E-state index contributed by atoms with van der Waals surface area (Å²) in [5.41, 5.74) is 0.0267. The second kappa shape index (κ2) is 4.99. The van der Waals surface area contributed by atoms with Crippen LogP contribution in [0.4, 0.5) is 0 Å². The lowest BCUT2D eigenvalue weighted by atomic mass is 10.2. The SMILES string of the molecule is O=c1c2ccccc2sc2c(OCCO)cccc12. The molecule has 1 heterocycles. The Kier molecular flexibility index (Phi) is 3.19. The van der Waals surface area contributed by atoms with Crippen molar-refractivity contribution in [2.75, 3.05) is 13.2 Å². The van der Waals surface area contributed by atoms with Crippen molar-refractivity contribution in [2.45, 2.75) is 0 Å². The molecule has 0 atom stereocenters. The molecule has 0 bridgehead atoms. The van der Waals surface area contributed by atoms with E-state index in [0.29, 0.717) is 11.1 Å². The molecule has 0 spiro atoms. The Morgan fingerprint density at radius 3 is 2.68 bits per heavy atom. The first-order valence-electron chi connectivity index (χ1n) is 5.99. The lowest BCUT2D eigenvalue weighted by Crippen LogP contribution is -2.04. The average molecular weight is 272 g/mol. The molecule has 0 aliphatic rings. The first-order valence-corrected chi connectivity index (χ1v) is 6.81. The molecular formula is C15H12O3S. The molecule has 2 aromatic carbocycles. The molecule has 0 fully saturated rings. The fourth-order valence-corrected chi connectivity index (χ4v) is 3.20. The van der Waals surface area contributed by atoms with Crippen molar-refractivity contribution in [2.24, 2.45) is 0 Å². The number of aliphatic hydroxyl groups excluding tert-OH is 1. The van der Waals surface area contributed by atoms with Gasteiger partial charge in [-0.1, -0.05) is 18.2 Å². The second-order valence-electron chi connectivity index (χ2n) is 4.13. The summed E-state index contributed by atoms with van der Waals surface area (Å²) in [6.45, 7) is 0.186. The molecule has 0 radical (unpaired) electrons. The monoisotopic (exact) mass is 272 g/mol. The van der Waals surface area contributed by atoms with Gasteiger partial charge in [0.05, 0.1) is 11.3 Å². The third-order valence-corrected chi connectivity index (χ3v) is 4.12. The molecule has 1 aromatic heterocycles. The van der Waals surface area contributed by atoms with Crippen molar-refractivity contribution in [3.05, 3.63) is 52.7 Å². The number of aliphatic hydroxyl groups is 1. The molecule has 0 saturated carbocycles. The first-order chi connectivity index (χ1) is 9.31. The number of benzene rings is 2. The van der Waals surface area contributed by atoms with Gasteiger partial charge in [0, 0.05) is 15.5 Å². The number of hydrogen-bond donors (Lipinski definition) is 1. The van der Waals surface area contributed by atoms with E-state index in [4.69, 9.17) is 9.84 Å². The molecule has 3 aromatic rings. The lowest BCUT2D eigenvalue weighted by Gasteiger charge is -2.08. The van der Waals surface area contributed by atoms with Crippen molar-refractivity contribution >= 4 is 31.5 Å². The van der Waals surface area contributed by atoms with Crippen LogP contribution in [0, 0.1) is 0 Å². The molecule has 0 saturated heterocycles. The molecule has 3 rings (SSSR count). The predicted molar refractivity (Wildman–Crippen MR) is 78.2 cm³/mol. The quantitative estimate of drug-likeness (QED) is 0.746. The Morgan fingerprint density at radius 2 is 1.84 bits per heavy atom. The van der Waals surface area contributed by atoms with Gasteiger partial charge in [-0.3, -0.25) is 4.79 Å². The second-order valence-corrected chi connectivity index (χ2v) is 5.18. The maximum atomic E-state index is 12.4. The van der Waals surface area contributed by atoms with Crippen LogP contribution in [0.2, 0.25) is 0 Å². The summed E-state index contributed by atoms with van der Waals surface area (Å²) in [6.07, 6.45) is 0. The van der Waals surface area contributed by atoms with Crippen LogP contribution < -0.4 is 10.2 Å². The van der Waals surface area contributed by atoms with Crippen molar-refractivity contribution in [1.82, 2.24) is 0 Å². The fraction of sp³-hybridized carbons (Fsp3) is 0.133. The van der Waals surface area contributed by atoms with Crippen LogP contribution in [-0.4, -0.2) is 18.3 Å². The van der Waals surface area contributed by atoms with Gasteiger partial charge in [-0.05, 0) is 24.3 Å². The number of rotatable bonds is 3. The minimum Gasteiger partial charge on any atom is -0.490 e. The maximum absolute atomic E-state index is 12.4. The highest BCUT2D eigenvalue weighted by molar-refractivity contribution is 7.24. The minimum absolute atomic E-state index is 0.0267. The van der Waals surface area contributed by atoms with Gasteiger partial charge < -0.3 is 9.84 Å². The molecular weight excluding hydrogens is 260 g/mol. The van der Waals surface area contributed by atoms with E-state index in [9.17, 15) is 4.79 Å². The van der Waals surface area contributed by atoms with Crippen LogP contribution in [-0.2, 0) is 0 Å². The van der Waals surface area contributed by atoms with Crippen LogP contribution in [0.1, 0.15) is 0 Å². The smallest absolute Gasteiger partial charge is 0.196 e. The maximum Gasteiger partial charge on any atom is 0.196 e. The highest BCUT2D eigenvalue weighted by atomic mass is 32.1. The molecule has 0 aliphatic heterocycles. The van der Waals surface area contributed by atoms with Crippen LogP contribution in [0.25, 0.3) is 20.2 Å². The molecule has 0 unspecified atom stereocenters. The summed E-state index contributed by atoms with van der Waals surface area (Å²) in [7, 11) is 0. The topological polar surface area (TPSA) is 46.5 Å². The van der Waals surface area contributed by atoms with Crippen molar-refractivity contribution in [1.29, 1.82) is 0 Å². The largest absolute Gasteiger partial charge is 0.490 e. The normalized spacial score (nSPS) is 11.0. The highest BCUT2D eigenvalue weighted by Gasteiger charge is 2.09. The van der Waals surface area contributed by atoms with Crippen LogP contribution >= 0.6 is 11.3 Å². The Labute approximate surface area is 113 Å². The predicted octanol–water partition coefficient (Wildman–Crippen LogP) is 2.79. The Hall–Kier alpha value is -1.91. The standard InChI is InChI=1S/C15H12O3S/c16-8-9-18-12-6-3-5-11-14(17)10-4-1-2-7-13(10)19-15(11)12/h1-7,16H,8-9H2. The Bertz CT molecular complexity index is 792. The average Bonchev–Trinajstić information content (AvgIpc) is 2.46. The summed E-state index contributed by atoms with van der Waals surface area (Å²) < 4.78 is 7.27. The van der Waals surface area contributed by atoms with Crippen LogP contribution in [0.15, 0.2) is 47.3 Å². The van der Waals surface area contributed by atoms with Gasteiger partial charge in [-0.25, -0.2) is 0 Å². The summed E-state index contributed by atoms with van der Waals surface area (Å²) in [4.78, 5) is 12.4. The van der Waals surface area contributed by atoms with Gasteiger partial charge in [0.25, 0.3) is 0 Å². The van der Waals surface area contributed by atoms with Crippen molar-refractivity contribution < 1.29 is 9.84 Å². The van der Waals surface area contributed by atoms with Crippen LogP contribution in [0.3, 0.4) is 0 Å². The summed E-state index contributed by atoms with van der Waals surface area (Å²) in [6, 6.07) is 13.0. The van der Waals surface area contributed by atoms with Gasteiger partial charge in [0.15, 0.2) is 5.43 Å². The zero-order valence-electron chi connectivity index (χ0n) is 10.1. The van der Waals surface area contributed by atoms with Gasteiger partial charge in [0.2, 0.25) is 0 Å². The van der Waals surface area contributed by atoms with E-state index < -0.39 is 0 Å². The van der Waals surface area contributed by atoms with Crippen molar-refractivity contribution in [3.8, 4) is 5.75 Å². The van der Waals surface area contributed by atoms with Gasteiger partial charge >= 0.3 is 0 Å². The summed E-state index contributed by atoms with van der Waals surface area (Å²) in [5.74, 6) is 0.652. The summed E-state index contributed by atoms with van der Waals surface area (Å²) >= 11 is 1.54. The van der Waals surface area contributed by atoms with Crippen molar-refractivity contribution in [3.63, 3.8) is 0 Å². The van der Waals surface area contributed by atoms with E-state index in [1.807, 2.05) is 36.4 Å². The van der Waals surface area contributed by atoms with Gasteiger partial charge in [0.1, 0.15) is 12.4 Å². The third kappa shape index (κ3) is 2.09. The van der Waals surface area contributed by atoms with E-state index in [-0.39, 0.29) is 18.6 Å². The highest BCUT2D eigenvalue weighted by Crippen LogP contribution is 2.31. The molecule has 0 amide bonds. The molecule has 3 nitrogen and oxygen atoms in total. The van der Waals surface area contributed by atoms with E-state index in [0.717, 1.165) is 14.8 Å². The molecule has 0 aliphatic carbocycles. The fourth-order valence-electron chi connectivity index (χ4n) is 2.07. The minimum atomic E-state index is -0.0428. The van der Waals surface area contributed by atoms with Gasteiger partial charge in [-0.2, -0.15) is 0 Å². The van der Waals surface area contributed by atoms with E-state index >= 15 is 0 Å². The zero-order valence-corrected chi connectivity index (χ0v) is 10.9. The van der Waals surface area contributed by atoms with E-state index in [1.165, 1.54) is 11.3 Å². The molecule has 4 heteroatoms. The number of ether oxygens (including phenoxy) is 1. The number of fused-ring (bicyclic) bond motifs is 2. The molecule has 96 valence electrons. The summed E-state index contributed by atoms with van der Waals surface area (Å²) in [5, 5.41) is 10.2. The van der Waals surface area contributed by atoms with E-state index in [2.05, 4.69) is 0 Å². The van der Waals surface area contributed by atoms with Crippen LogP contribution in [0.5, 0.6) is 5.75 Å². The Morgan fingerprint density at radius 1 is 1.05 bits per heavy atom. The van der Waals surface area contributed by atoms with Gasteiger partial charge in [-0.15, -0.1) is 11.3 Å². The first kappa shape index (κ1) is 12.1. The zero-order chi connectivity index (χ0) is 13.2. The molecule has 1 N–H and O–H groups in total. The lowest BCUT2D eigenvalue weighted by molar-refractivity contribution is 0.203. The number of hydrogen-bond acceptors (Lipinski definition) is 4. The van der Waals surface area contributed by atoms with E-state index in [1.54, 1.807) is 6.07 Å². The molecule has 19 heavy (non-hydrogen) atoms.